The summed E-state index contributed by atoms with van der Waals surface area (Å²) < 4.78 is 29.6. The van der Waals surface area contributed by atoms with E-state index in [1.165, 1.54) is 17.2 Å². The number of hydrogen-bond acceptors (Lipinski definition) is 4. The fraction of sp³-hybridized carbons (Fsp3) is 0.500. The van der Waals surface area contributed by atoms with Crippen molar-refractivity contribution in [3.8, 4) is 0 Å². The first-order chi connectivity index (χ1) is 9.99. The number of nitrogens with one attached hydrogen (secondary N) is 1. The van der Waals surface area contributed by atoms with Crippen LogP contribution in [0.15, 0.2) is 29.4 Å². The molecule has 3 N–H and O–H groups in total. The van der Waals surface area contributed by atoms with Gasteiger partial charge in [-0.15, -0.1) is 0 Å². The standard InChI is InChI=1S/C14H20N4O2S/c1-10(11-6-2-3-7-11)17-21(19,20)14-13(15)16-12-8-4-5-9-18(12)14/h4-5,8-11,17H,2-3,6-7,15H2,1H3. The quantitative estimate of drug-likeness (QED) is 0.901. The summed E-state index contributed by atoms with van der Waals surface area (Å²) in [6.45, 7) is 1.92. The lowest BCUT2D eigenvalue weighted by molar-refractivity contribution is 0.423. The molecule has 0 saturated heterocycles. The van der Waals surface area contributed by atoms with Gasteiger partial charge >= 0.3 is 0 Å². The van der Waals surface area contributed by atoms with Gasteiger partial charge in [-0.25, -0.2) is 18.1 Å². The van der Waals surface area contributed by atoms with Crippen LogP contribution in [0.4, 0.5) is 5.82 Å². The van der Waals surface area contributed by atoms with Gasteiger partial charge in [-0.1, -0.05) is 18.9 Å². The van der Waals surface area contributed by atoms with Crippen LogP contribution in [-0.4, -0.2) is 23.8 Å². The van der Waals surface area contributed by atoms with E-state index in [0.717, 1.165) is 12.8 Å². The van der Waals surface area contributed by atoms with Gasteiger partial charge in [-0.3, -0.25) is 4.40 Å². The summed E-state index contributed by atoms with van der Waals surface area (Å²) >= 11 is 0. The predicted octanol–water partition coefficient (Wildman–Crippen LogP) is 1.77. The van der Waals surface area contributed by atoms with Crippen LogP contribution in [-0.2, 0) is 10.0 Å². The highest BCUT2D eigenvalue weighted by Crippen LogP contribution is 2.29. The highest BCUT2D eigenvalue weighted by Gasteiger charge is 2.29. The molecule has 2 aromatic rings. The van der Waals surface area contributed by atoms with Gasteiger partial charge in [0.2, 0.25) is 0 Å². The van der Waals surface area contributed by atoms with Crippen LogP contribution in [0.25, 0.3) is 5.65 Å². The van der Waals surface area contributed by atoms with Crippen molar-refractivity contribution in [1.82, 2.24) is 14.1 Å². The number of sulfonamides is 1. The molecule has 1 aliphatic carbocycles. The van der Waals surface area contributed by atoms with Gasteiger partial charge in [0.05, 0.1) is 0 Å². The number of aromatic nitrogens is 2. The third kappa shape index (κ3) is 2.63. The van der Waals surface area contributed by atoms with Crippen molar-refractivity contribution in [2.75, 3.05) is 5.73 Å². The van der Waals surface area contributed by atoms with Gasteiger partial charge in [0.15, 0.2) is 10.8 Å². The Morgan fingerprint density at radius 1 is 1.38 bits per heavy atom. The molecular formula is C14H20N4O2S. The Kier molecular flexibility index (Phi) is 3.62. The number of anilines is 1. The summed E-state index contributed by atoms with van der Waals surface area (Å²) in [5.41, 5.74) is 6.35. The summed E-state index contributed by atoms with van der Waals surface area (Å²) in [6.07, 6.45) is 6.16. The number of hydrogen-bond donors (Lipinski definition) is 2. The molecule has 1 fully saturated rings. The molecule has 0 spiro atoms. The number of nitrogens with zero attached hydrogens (tertiary/aromatic N) is 2. The van der Waals surface area contributed by atoms with E-state index in [0.29, 0.717) is 11.6 Å². The monoisotopic (exact) mass is 308 g/mol. The van der Waals surface area contributed by atoms with Crippen LogP contribution in [0.5, 0.6) is 0 Å². The van der Waals surface area contributed by atoms with Crippen molar-refractivity contribution in [1.29, 1.82) is 0 Å². The van der Waals surface area contributed by atoms with E-state index in [4.69, 9.17) is 5.73 Å². The summed E-state index contributed by atoms with van der Waals surface area (Å²) in [6, 6.07) is 5.20. The number of nitrogen functional groups attached to an aromatic ring is 1. The summed E-state index contributed by atoms with van der Waals surface area (Å²) in [5, 5.41) is 0.0305. The molecule has 21 heavy (non-hydrogen) atoms. The Morgan fingerprint density at radius 2 is 2.10 bits per heavy atom. The highest BCUT2D eigenvalue weighted by molar-refractivity contribution is 7.89. The van der Waals surface area contributed by atoms with Crippen LogP contribution in [0, 0.1) is 5.92 Å². The van der Waals surface area contributed by atoms with Crippen molar-refractivity contribution < 1.29 is 8.42 Å². The van der Waals surface area contributed by atoms with E-state index in [1.807, 2.05) is 6.92 Å². The minimum atomic E-state index is -3.69. The molecule has 1 aliphatic rings. The van der Waals surface area contributed by atoms with E-state index >= 15 is 0 Å². The van der Waals surface area contributed by atoms with Gasteiger partial charge in [0.25, 0.3) is 10.0 Å². The molecule has 6 nitrogen and oxygen atoms in total. The average molecular weight is 308 g/mol. The third-order valence-corrected chi connectivity index (χ3v) is 5.81. The number of fused-ring (bicyclic) bond motifs is 1. The first-order valence-corrected chi connectivity index (χ1v) is 8.72. The van der Waals surface area contributed by atoms with Crippen molar-refractivity contribution in [2.24, 2.45) is 5.92 Å². The van der Waals surface area contributed by atoms with Crippen molar-refractivity contribution in [3.63, 3.8) is 0 Å². The second-order valence-electron chi connectivity index (χ2n) is 5.69. The summed E-state index contributed by atoms with van der Waals surface area (Å²) in [4.78, 5) is 4.11. The maximum absolute atomic E-state index is 12.6. The molecule has 3 rings (SSSR count). The number of imidazole rings is 1. The normalized spacial score (nSPS) is 18.3. The molecule has 2 aromatic heterocycles. The first-order valence-electron chi connectivity index (χ1n) is 7.24. The van der Waals surface area contributed by atoms with Crippen LogP contribution in [0.1, 0.15) is 32.6 Å². The molecular weight excluding hydrogens is 288 g/mol. The lowest BCUT2D eigenvalue weighted by atomic mass is 10.0. The molecule has 0 radical (unpaired) electrons. The molecule has 1 atom stereocenters. The summed E-state index contributed by atoms with van der Waals surface area (Å²) in [7, 11) is -3.69. The Hall–Kier alpha value is -1.60. The van der Waals surface area contributed by atoms with Crippen molar-refractivity contribution >= 4 is 21.5 Å². The lowest BCUT2D eigenvalue weighted by Gasteiger charge is -2.20. The SMILES string of the molecule is CC(NS(=O)(=O)c1c(N)nc2ccccn12)C1CCCC1. The molecule has 0 amide bonds. The van der Waals surface area contributed by atoms with Crippen LogP contribution < -0.4 is 10.5 Å². The number of nitrogens with two attached hydrogens (primary N) is 1. The highest BCUT2D eigenvalue weighted by atomic mass is 32.2. The maximum atomic E-state index is 12.6. The van der Waals surface area contributed by atoms with Gasteiger partial charge in [0, 0.05) is 12.2 Å². The Morgan fingerprint density at radius 3 is 2.81 bits per heavy atom. The Bertz CT molecular complexity index is 747. The number of rotatable bonds is 4. The van der Waals surface area contributed by atoms with E-state index in [9.17, 15) is 8.42 Å². The smallest absolute Gasteiger partial charge is 0.260 e. The van der Waals surface area contributed by atoms with Crippen LogP contribution >= 0.6 is 0 Å². The minimum Gasteiger partial charge on any atom is -0.381 e. The minimum absolute atomic E-state index is 0.0305. The molecule has 1 unspecified atom stereocenters. The van der Waals surface area contributed by atoms with Crippen LogP contribution in [0.3, 0.4) is 0 Å². The largest absolute Gasteiger partial charge is 0.381 e. The molecule has 0 aromatic carbocycles. The second-order valence-corrected chi connectivity index (χ2v) is 7.31. The van der Waals surface area contributed by atoms with Crippen molar-refractivity contribution in [2.45, 2.75) is 43.7 Å². The molecule has 1 saturated carbocycles. The van der Waals surface area contributed by atoms with Crippen molar-refractivity contribution in [3.05, 3.63) is 24.4 Å². The molecule has 7 heteroatoms. The lowest BCUT2D eigenvalue weighted by Crippen LogP contribution is -2.37. The predicted molar refractivity (Wildman–Crippen MR) is 81.3 cm³/mol. The van der Waals surface area contributed by atoms with Gasteiger partial charge in [-0.05, 0) is 37.8 Å². The fourth-order valence-electron chi connectivity index (χ4n) is 3.11. The average Bonchev–Trinajstić information content (AvgIpc) is 3.04. The molecule has 2 heterocycles. The van der Waals surface area contributed by atoms with Gasteiger partial charge < -0.3 is 5.73 Å². The molecule has 0 aliphatic heterocycles. The van der Waals surface area contributed by atoms with Gasteiger partial charge in [0.1, 0.15) is 5.65 Å². The topological polar surface area (TPSA) is 89.5 Å². The Balaban J connectivity index is 1.94. The molecule has 0 bridgehead atoms. The first kappa shape index (κ1) is 14.3. The maximum Gasteiger partial charge on any atom is 0.260 e. The third-order valence-electron chi connectivity index (χ3n) is 4.21. The van der Waals surface area contributed by atoms with Crippen LogP contribution in [0.2, 0.25) is 0 Å². The molecule has 114 valence electrons. The zero-order valence-electron chi connectivity index (χ0n) is 12.0. The zero-order valence-corrected chi connectivity index (χ0v) is 12.8. The van der Waals surface area contributed by atoms with E-state index in [1.54, 1.807) is 24.4 Å². The van der Waals surface area contributed by atoms with E-state index in [-0.39, 0.29) is 16.9 Å². The Labute approximate surface area is 124 Å². The summed E-state index contributed by atoms with van der Waals surface area (Å²) in [5.74, 6) is 0.438. The number of pyridine rings is 1. The van der Waals surface area contributed by atoms with E-state index < -0.39 is 10.0 Å². The van der Waals surface area contributed by atoms with E-state index in [2.05, 4.69) is 9.71 Å². The van der Waals surface area contributed by atoms with Gasteiger partial charge in [-0.2, -0.15) is 0 Å². The second kappa shape index (κ2) is 5.31. The zero-order chi connectivity index (χ0) is 15.0. The fourth-order valence-corrected chi connectivity index (χ4v) is 4.64.